The first-order valence-corrected chi connectivity index (χ1v) is 13.8. The van der Waals surface area contributed by atoms with E-state index in [4.69, 9.17) is 16.3 Å². The topological polar surface area (TPSA) is 103 Å². The summed E-state index contributed by atoms with van der Waals surface area (Å²) < 4.78 is 31.7. The highest BCUT2D eigenvalue weighted by Gasteiger charge is 2.35. The maximum atomic E-state index is 13.4. The van der Waals surface area contributed by atoms with Crippen molar-refractivity contribution >= 4 is 46.3 Å². The van der Waals surface area contributed by atoms with E-state index in [0.29, 0.717) is 28.9 Å². The van der Waals surface area contributed by atoms with Crippen LogP contribution < -0.4 is 30.9 Å². The van der Waals surface area contributed by atoms with Gasteiger partial charge in [0.25, 0.3) is 5.91 Å². The van der Waals surface area contributed by atoms with Crippen molar-refractivity contribution in [2.24, 2.45) is 5.41 Å². The molecule has 0 aliphatic carbocycles. The third kappa shape index (κ3) is 5.48. The first kappa shape index (κ1) is 26.5. The third-order valence-corrected chi connectivity index (χ3v) is 8.37. The number of nitrogens with one attached hydrogen (secondary N) is 4. The normalized spacial score (nSPS) is 18.0. The average Bonchev–Trinajstić information content (AvgIpc) is 3.34. The molecule has 4 N–H and O–H groups in total. The highest BCUT2D eigenvalue weighted by molar-refractivity contribution is 6.33. The molecule has 3 aliphatic heterocycles. The van der Waals surface area contributed by atoms with Crippen molar-refractivity contribution in [3.63, 3.8) is 0 Å². The van der Waals surface area contributed by atoms with Gasteiger partial charge >= 0.3 is 6.61 Å². The van der Waals surface area contributed by atoms with Crippen LogP contribution in [0.25, 0.3) is 0 Å². The molecular formula is C28H30ClF2N7O2. The van der Waals surface area contributed by atoms with E-state index in [1.54, 1.807) is 18.2 Å². The Hall–Kier alpha value is -3.70. The fourth-order valence-electron chi connectivity index (χ4n) is 5.85. The van der Waals surface area contributed by atoms with Gasteiger partial charge < -0.3 is 30.9 Å². The minimum absolute atomic E-state index is 0.000243. The Bertz CT molecular complexity index is 1410. The summed E-state index contributed by atoms with van der Waals surface area (Å²) in [5.74, 6) is 0.206. The van der Waals surface area contributed by atoms with E-state index in [2.05, 4.69) is 36.1 Å². The molecule has 0 saturated carbocycles. The lowest BCUT2D eigenvalue weighted by Crippen LogP contribution is -2.45. The van der Waals surface area contributed by atoms with E-state index in [1.165, 1.54) is 19.0 Å². The van der Waals surface area contributed by atoms with Crippen LogP contribution in [-0.4, -0.2) is 48.7 Å². The molecule has 12 heteroatoms. The number of benzene rings is 2. The number of nitrogens with zero attached hydrogens (tertiary/aromatic N) is 3. The molecule has 3 aromatic rings. The molecule has 0 unspecified atom stereocenters. The van der Waals surface area contributed by atoms with Gasteiger partial charge in [-0.1, -0.05) is 23.7 Å². The van der Waals surface area contributed by atoms with Gasteiger partial charge in [-0.3, -0.25) is 4.79 Å². The molecule has 6 rings (SSSR count). The number of piperidine rings is 2. The molecule has 210 valence electrons. The second-order valence-corrected chi connectivity index (χ2v) is 10.9. The zero-order valence-electron chi connectivity index (χ0n) is 21.8. The number of carbonyl (C=O) groups excluding carboxylic acids is 1. The molecule has 0 radical (unpaired) electrons. The molecule has 3 aliphatic rings. The molecular weight excluding hydrogens is 540 g/mol. The molecule has 2 aromatic carbocycles. The molecule has 0 atom stereocenters. The molecule has 4 heterocycles. The van der Waals surface area contributed by atoms with Crippen LogP contribution >= 0.6 is 11.6 Å². The Kier molecular flexibility index (Phi) is 7.33. The van der Waals surface area contributed by atoms with E-state index in [1.807, 2.05) is 18.2 Å². The van der Waals surface area contributed by atoms with Crippen molar-refractivity contribution in [2.45, 2.75) is 38.8 Å². The quantitative estimate of drug-likeness (QED) is 0.299. The highest BCUT2D eigenvalue weighted by Crippen LogP contribution is 2.42. The maximum Gasteiger partial charge on any atom is 0.387 e. The number of fused-ring (bicyclic) bond motifs is 1. The van der Waals surface area contributed by atoms with Crippen molar-refractivity contribution < 1.29 is 18.3 Å². The highest BCUT2D eigenvalue weighted by atomic mass is 35.5. The lowest BCUT2D eigenvalue weighted by atomic mass is 9.71. The second kappa shape index (κ2) is 11.1. The number of amides is 1. The summed E-state index contributed by atoms with van der Waals surface area (Å²) in [6, 6.07) is 10.7. The summed E-state index contributed by atoms with van der Waals surface area (Å²) in [6.07, 6.45) is 5.93. The van der Waals surface area contributed by atoms with E-state index in [-0.39, 0.29) is 28.4 Å². The van der Waals surface area contributed by atoms with Crippen LogP contribution in [0.1, 0.15) is 41.6 Å². The van der Waals surface area contributed by atoms with Gasteiger partial charge in [-0.2, -0.15) is 13.8 Å². The predicted octanol–water partition coefficient (Wildman–Crippen LogP) is 5.43. The van der Waals surface area contributed by atoms with Gasteiger partial charge in [0.2, 0.25) is 5.95 Å². The van der Waals surface area contributed by atoms with Gasteiger partial charge in [0.05, 0.1) is 23.1 Å². The van der Waals surface area contributed by atoms with Gasteiger partial charge in [-0.15, -0.1) is 0 Å². The molecule has 2 saturated heterocycles. The van der Waals surface area contributed by atoms with Crippen molar-refractivity contribution in [1.82, 2.24) is 20.6 Å². The summed E-state index contributed by atoms with van der Waals surface area (Å²) in [4.78, 5) is 23.2. The van der Waals surface area contributed by atoms with Gasteiger partial charge in [0, 0.05) is 31.4 Å². The monoisotopic (exact) mass is 569 g/mol. The number of rotatable bonds is 7. The zero-order valence-corrected chi connectivity index (χ0v) is 22.5. The van der Waals surface area contributed by atoms with Crippen LogP contribution in [0.4, 0.5) is 37.6 Å². The fraction of sp³-hybridized carbons (Fsp3) is 0.393. The molecule has 2 fully saturated rings. The molecule has 40 heavy (non-hydrogen) atoms. The van der Waals surface area contributed by atoms with Crippen molar-refractivity contribution in [1.29, 1.82) is 0 Å². The van der Waals surface area contributed by atoms with E-state index >= 15 is 0 Å². The Morgan fingerprint density at radius 3 is 2.62 bits per heavy atom. The standard InChI is InChI=1S/C28H30ClF2N7O2/c29-19-16-34-27(37-24(19)35-21-3-1-2-17-15-33-25(39)23(17)21)36-20-5-4-18(14-22(20)40-26(30)31)38-12-8-28(9-13-38)6-10-32-11-7-28/h1-5,14,16,26,32H,6-13,15H2,(H,33,39)(H2,34,35,36,37). The zero-order chi connectivity index (χ0) is 27.7. The van der Waals surface area contributed by atoms with Crippen molar-refractivity contribution in [2.75, 3.05) is 41.7 Å². The Morgan fingerprint density at radius 2 is 1.85 bits per heavy atom. The Balaban J connectivity index is 1.21. The largest absolute Gasteiger partial charge is 0.433 e. The lowest BCUT2D eigenvalue weighted by Gasteiger charge is -2.45. The maximum absolute atomic E-state index is 13.4. The van der Waals surface area contributed by atoms with Crippen molar-refractivity contribution in [3.8, 4) is 5.75 Å². The average molecular weight is 570 g/mol. The minimum atomic E-state index is -3.00. The van der Waals surface area contributed by atoms with E-state index in [0.717, 1.165) is 50.3 Å². The summed E-state index contributed by atoms with van der Waals surface area (Å²) in [7, 11) is 0. The smallest absolute Gasteiger partial charge is 0.387 e. The SMILES string of the molecule is O=C1NCc2cccc(Nc3nc(Nc4ccc(N5CCC6(CCNCC6)CC5)cc4OC(F)F)ncc3Cl)c21. The Morgan fingerprint density at radius 1 is 1.05 bits per heavy atom. The van der Waals surface area contributed by atoms with Gasteiger partial charge in [0.15, 0.2) is 11.6 Å². The first-order valence-electron chi connectivity index (χ1n) is 13.4. The number of aromatic nitrogens is 2. The van der Waals surface area contributed by atoms with Crippen LogP contribution in [0.3, 0.4) is 0 Å². The van der Waals surface area contributed by atoms with Gasteiger partial charge in [-0.25, -0.2) is 4.98 Å². The molecule has 1 spiro atoms. The third-order valence-electron chi connectivity index (χ3n) is 8.10. The summed E-state index contributed by atoms with van der Waals surface area (Å²) in [6.45, 7) is 1.31. The molecule has 1 amide bonds. The van der Waals surface area contributed by atoms with Crippen LogP contribution in [0.5, 0.6) is 5.75 Å². The van der Waals surface area contributed by atoms with Crippen LogP contribution in [0.15, 0.2) is 42.6 Å². The Labute approximate surface area is 235 Å². The lowest BCUT2D eigenvalue weighted by molar-refractivity contribution is -0.0493. The molecule has 0 bridgehead atoms. The molecule has 9 nitrogen and oxygen atoms in total. The van der Waals surface area contributed by atoms with Crippen molar-refractivity contribution in [3.05, 3.63) is 58.7 Å². The number of alkyl halides is 2. The number of anilines is 5. The van der Waals surface area contributed by atoms with Crippen LogP contribution in [0, 0.1) is 5.41 Å². The van der Waals surface area contributed by atoms with Crippen LogP contribution in [-0.2, 0) is 6.54 Å². The van der Waals surface area contributed by atoms with Crippen LogP contribution in [0.2, 0.25) is 5.02 Å². The van der Waals surface area contributed by atoms with E-state index < -0.39 is 6.61 Å². The predicted molar refractivity (Wildman–Crippen MR) is 150 cm³/mol. The number of halogens is 3. The number of ether oxygens (including phenoxy) is 1. The molecule has 1 aromatic heterocycles. The fourth-order valence-corrected chi connectivity index (χ4v) is 5.99. The van der Waals surface area contributed by atoms with E-state index in [9.17, 15) is 13.6 Å². The minimum Gasteiger partial charge on any atom is -0.433 e. The summed E-state index contributed by atoms with van der Waals surface area (Å²) >= 11 is 6.35. The first-order chi connectivity index (χ1) is 19.4. The number of hydrogen-bond acceptors (Lipinski definition) is 8. The number of hydrogen-bond donors (Lipinski definition) is 4. The second-order valence-electron chi connectivity index (χ2n) is 10.5. The summed E-state index contributed by atoms with van der Waals surface area (Å²) in [5, 5.41) is 12.6. The van der Waals surface area contributed by atoms with Gasteiger partial charge in [-0.05, 0) is 68.0 Å². The number of carbonyl (C=O) groups is 1. The van der Waals surface area contributed by atoms with Gasteiger partial charge in [0.1, 0.15) is 5.02 Å². The summed E-state index contributed by atoms with van der Waals surface area (Å²) in [5.41, 5.74) is 3.46.